The van der Waals surface area contributed by atoms with Gasteiger partial charge in [0.15, 0.2) is 0 Å². The summed E-state index contributed by atoms with van der Waals surface area (Å²) in [6, 6.07) is 12.8. The van der Waals surface area contributed by atoms with E-state index in [0.717, 1.165) is 41.8 Å². The number of ether oxygens (including phenoxy) is 1. The molecule has 10 nitrogen and oxygen atoms in total. The van der Waals surface area contributed by atoms with E-state index in [4.69, 9.17) is 10.5 Å². The zero-order valence-corrected chi connectivity index (χ0v) is 29.4. The van der Waals surface area contributed by atoms with Crippen molar-refractivity contribution >= 4 is 21.9 Å². The third-order valence-corrected chi connectivity index (χ3v) is 9.38. The molecule has 0 bridgehead atoms. The van der Waals surface area contributed by atoms with Crippen LogP contribution in [0, 0.1) is 11.6 Å². The second kappa shape index (κ2) is 18.9. The van der Waals surface area contributed by atoms with Gasteiger partial charge in [-0.2, -0.15) is 0 Å². The van der Waals surface area contributed by atoms with Gasteiger partial charge in [-0.1, -0.05) is 45.0 Å². The lowest BCUT2D eigenvalue weighted by Crippen LogP contribution is -2.46. The zero-order chi connectivity index (χ0) is 36.1. The third-order valence-electron chi connectivity index (χ3n) is 7.81. The molecule has 0 aromatic heterocycles. The summed E-state index contributed by atoms with van der Waals surface area (Å²) in [5.41, 5.74) is 8.66. The zero-order valence-electron chi connectivity index (χ0n) is 28.5. The van der Waals surface area contributed by atoms with E-state index in [1.807, 2.05) is 45.0 Å². The normalized spacial score (nSPS) is 13.5. The van der Waals surface area contributed by atoms with E-state index in [9.17, 15) is 31.9 Å². The molecule has 0 unspecified atom stereocenters. The maximum Gasteiger partial charge on any atom is 0.338 e. The Morgan fingerprint density at radius 3 is 2.16 bits per heavy atom. The van der Waals surface area contributed by atoms with Crippen LogP contribution in [-0.2, 0) is 34.1 Å². The number of aliphatic hydroxyl groups is 1. The number of rotatable bonds is 19. The van der Waals surface area contributed by atoms with Crippen molar-refractivity contribution < 1.29 is 36.6 Å². The number of sulfonamides is 1. The minimum atomic E-state index is -4.27. The summed E-state index contributed by atoms with van der Waals surface area (Å²) in [6.07, 6.45) is 1.11. The van der Waals surface area contributed by atoms with Crippen LogP contribution in [0.4, 0.5) is 8.78 Å². The molecule has 3 aromatic carbocycles. The van der Waals surface area contributed by atoms with Crippen molar-refractivity contribution in [1.29, 1.82) is 0 Å². The van der Waals surface area contributed by atoms with Crippen molar-refractivity contribution in [3.05, 3.63) is 100 Å². The predicted octanol–water partition coefficient (Wildman–Crippen LogP) is 4.33. The number of nitrogens with one attached hydrogen (secondary N) is 2. The van der Waals surface area contributed by atoms with Crippen molar-refractivity contribution in [3.8, 4) is 0 Å². The summed E-state index contributed by atoms with van der Waals surface area (Å²) in [5, 5.41) is 12.7. The van der Waals surface area contributed by atoms with E-state index in [1.165, 1.54) is 19.1 Å². The van der Waals surface area contributed by atoms with E-state index in [-0.39, 0.29) is 34.6 Å². The minimum Gasteiger partial charge on any atom is -0.456 e. The highest BCUT2D eigenvalue weighted by Crippen LogP contribution is 2.21. The van der Waals surface area contributed by atoms with Crippen molar-refractivity contribution in [2.75, 3.05) is 26.2 Å². The Morgan fingerprint density at radius 1 is 0.918 bits per heavy atom. The van der Waals surface area contributed by atoms with Crippen LogP contribution < -0.4 is 15.8 Å². The molecule has 0 aliphatic rings. The van der Waals surface area contributed by atoms with E-state index < -0.39 is 58.3 Å². The average Bonchev–Trinajstić information content (AvgIpc) is 3.06. The first-order valence-electron chi connectivity index (χ1n) is 16.6. The van der Waals surface area contributed by atoms with Gasteiger partial charge in [-0.25, -0.2) is 26.7 Å². The average molecular weight is 703 g/mol. The number of aryl methyl sites for hydroxylation is 1. The number of carbonyl (C=O) groups is 2. The Labute approximate surface area is 288 Å². The summed E-state index contributed by atoms with van der Waals surface area (Å²) < 4.78 is 62.8. The summed E-state index contributed by atoms with van der Waals surface area (Å²) in [6.45, 7) is 8.18. The Bertz CT molecular complexity index is 1650. The van der Waals surface area contributed by atoms with Gasteiger partial charge < -0.3 is 25.8 Å². The minimum absolute atomic E-state index is 0.0293. The number of esters is 1. The largest absolute Gasteiger partial charge is 0.456 e. The Balaban J connectivity index is 1.98. The van der Waals surface area contributed by atoms with Gasteiger partial charge in [-0.05, 0) is 79.6 Å². The van der Waals surface area contributed by atoms with Crippen LogP contribution in [0.25, 0.3) is 0 Å². The molecule has 3 atom stereocenters. The lowest BCUT2D eigenvalue weighted by Gasteiger charge is -2.25. The fourth-order valence-corrected chi connectivity index (χ4v) is 6.64. The van der Waals surface area contributed by atoms with Crippen LogP contribution in [0.5, 0.6) is 0 Å². The van der Waals surface area contributed by atoms with E-state index in [1.54, 1.807) is 4.90 Å². The molecule has 1 amide bonds. The molecule has 0 heterocycles. The van der Waals surface area contributed by atoms with Gasteiger partial charge >= 0.3 is 5.97 Å². The van der Waals surface area contributed by atoms with Crippen molar-refractivity contribution in [1.82, 2.24) is 14.9 Å². The number of nitrogens with zero attached hydrogens (tertiary/aromatic N) is 1. The van der Waals surface area contributed by atoms with E-state index in [2.05, 4.69) is 10.0 Å². The monoisotopic (exact) mass is 702 g/mol. The Morgan fingerprint density at radius 2 is 1.55 bits per heavy atom. The Hall–Kier alpha value is -3.75. The number of amides is 1. The number of hydrogen-bond acceptors (Lipinski definition) is 8. The van der Waals surface area contributed by atoms with Crippen LogP contribution in [-0.4, -0.2) is 74.7 Å². The quantitative estimate of drug-likeness (QED) is 0.135. The molecule has 0 aliphatic carbocycles. The van der Waals surface area contributed by atoms with Gasteiger partial charge in [0.1, 0.15) is 17.7 Å². The maximum absolute atomic E-state index is 14.0. The number of nitrogens with two attached hydrogens (primary N) is 1. The molecule has 0 fully saturated rings. The highest BCUT2D eigenvalue weighted by molar-refractivity contribution is 7.89. The number of hydrogen-bond donors (Lipinski definition) is 4. The number of halogens is 2. The van der Waals surface area contributed by atoms with Gasteiger partial charge in [0, 0.05) is 49.9 Å². The third kappa shape index (κ3) is 12.0. The first-order valence-corrected chi connectivity index (χ1v) is 18.1. The standard InChI is InChI=1S/C36H48F2N4O6S/c1-5-11-42(12-6-2)35(44)28-17-29(19-32(18-28)49(46,47)41-24(4)23-43)36(45)48-34(22-40-21-26-10-8-9-25(7-3)13-26)33(39)16-27-14-30(37)20-31(38)15-27/h8-10,13-15,17-20,24,33-34,40-41,43H,5-7,11-12,16,21-23,39H2,1-4H3/t24-,33+,34-/m1/s1. The first kappa shape index (κ1) is 39.7. The maximum atomic E-state index is 14.0. The lowest BCUT2D eigenvalue weighted by molar-refractivity contribution is 0.0237. The van der Waals surface area contributed by atoms with Crippen LogP contribution in [0.1, 0.15) is 77.9 Å². The van der Waals surface area contributed by atoms with Gasteiger partial charge in [-0.3, -0.25) is 4.79 Å². The highest BCUT2D eigenvalue weighted by Gasteiger charge is 2.28. The molecule has 0 radical (unpaired) electrons. The van der Waals surface area contributed by atoms with Gasteiger partial charge in [0.25, 0.3) is 5.91 Å². The second-order valence-electron chi connectivity index (χ2n) is 12.1. The summed E-state index contributed by atoms with van der Waals surface area (Å²) >= 11 is 0. The van der Waals surface area contributed by atoms with Crippen LogP contribution >= 0.6 is 0 Å². The van der Waals surface area contributed by atoms with Crippen molar-refractivity contribution in [2.45, 2.75) is 83.0 Å². The van der Waals surface area contributed by atoms with Crippen LogP contribution in [0.3, 0.4) is 0 Å². The van der Waals surface area contributed by atoms with Crippen LogP contribution in [0.2, 0.25) is 0 Å². The molecular weight excluding hydrogens is 654 g/mol. The van der Waals surface area contributed by atoms with Crippen LogP contribution in [0.15, 0.2) is 65.6 Å². The lowest BCUT2D eigenvalue weighted by atomic mass is 10.0. The molecular formula is C36H48F2N4O6S. The summed E-state index contributed by atoms with van der Waals surface area (Å²) in [5.74, 6) is -2.95. The van der Waals surface area contributed by atoms with Gasteiger partial charge in [-0.15, -0.1) is 0 Å². The molecule has 0 saturated carbocycles. The number of carbonyl (C=O) groups excluding carboxylic acids is 2. The van der Waals surface area contributed by atoms with E-state index in [0.29, 0.717) is 32.5 Å². The molecule has 0 saturated heterocycles. The molecule has 3 rings (SSSR count). The molecule has 0 spiro atoms. The molecule has 268 valence electrons. The molecule has 13 heteroatoms. The SMILES string of the molecule is CCCN(CCC)C(=O)c1cc(C(=O)O[C@H](CNCc2cccc(CC)c2)[C@@H](N)Cc2cc(F)cc(F)c2)cc(S(=O)(=O)N[C@H](C)CO)c1. The fraction of sp³-hybridized carbons (Fsp3) is 0.444. The Kier molecular flexibility index (Phi) is 15.3. The van der Waals surface area contributed by atoms with E-state index >= 15 is 0 Å². The topological polar surface area (TPSA) is 151 Å². The smallest absolute Gasteiger partial charge is 0.338 e. The molecule has 49 heavy (non-hydrogen) atoms. The predicted molar refractivity (Wildman–Crippen MR) is 185 cm³/mol. The highest BCUT2D eigenvalue weighted by atomic mass is 32.2. The van der Waals surface area contributed by atoms with Gasteiger partial charge in [0.2, 0.25) is 10.0 Å². The molecule has 5 N–H and O–H groups in total. The molecule has 0 aliphatic heterocycles. The first-order chi connectivity index (χ1) is 23.3. The van der Waals surface area contributed by atoms with Crippen molar-refractivity contribution in [3.63, 3.8) is 0 Å². The summed E-state index contributed by atoms with van der Waals surface area (Å²) in [4.78, 5) is 28.6. The number of aliphatic hydroxyl groups excluding tert-OH is 1. The number of benzene rings is 3. The summed E-state index contributed by atoms with van der Waals surface area (Å²) in [7, 11) is -4.27. The van der Waals surface area contributed by atoms with Crippen molar-refractivity contribution in [2.24, 2.45) is 5.73 Å². The van der Waals surface area contributed by atoms with Gasteiger partial charge in [0.05, 0.1) is 17.1 Å². The fourth-order valence-electron chi connectivity index (χ4n) is 5.34. The molecule has 3 aromatic rings. The second-order valence-corrected chi connectivity index (χ2v) is 13.9.